The standard InChI is InChI=1S/C14H17FO4/c1-4-17-13(16)8-12-10-7-9(15)5-6-11(10)18-14(2,3)19-12/h5-7,12H,4,8H2,1-3H3. The van der Waals surface area contributed by atoms with Crippen molar-refractivity contribution in [3.8, 4) is 5.75 Å². The van der Waals surface area contributed by atoms with Crippen molar-refractivity contribution in [1.82, 2.24) is 0 Å². The molecule has 0 radical (unpaired) electrons. The second-order valence-electron chi connectivity index (χ2n) is 4.80. The Morgan fingerprint density at radius 2 is 2.21 bits per heavy atom. The molecule has 1 atom stereocenters. The van der Waals surface area contributed by atoms with Crippen LogP contribution in [0.3, 0.4) is 0 Å². The lowest BCUT2D eigenvalue weighted by Gasteiger charge is -2.37. The molecule has 2 rings (SSSR count). The van der Waals surface area contributed by atoms with Crippen LogP contribution in [-0.2, 0) is 14.3 Å². The van der Waals surface area contributed by atoms with E-state index in [-0.39, 0.29) is 18.2 Å². The van der Waals surface area contributed by atoms with E-state index in [4.69, 9.17) is 14.2 Å². The van der Waals surface area contributed by atoms with Crippen LogP contribution in [-0.4, -0.2) is 18.4 Å². The van der Waals surface area contributed by atoms with Crippen LogP contribution < -0.4 is 4.74 Å². The van der Waals surface area contributed by atoms with Crippen molar-refractivity contribution in [1.29, 1.82) is 0 Å². The molecule has 1 aromatic carbocycles. The summed E-state index contributed by atoms with van der Waals surface area (Å²) >= 11 is 0. The molecular weight excluding hydrogens is 251 g/mol. The summed E-state index contributed by atoms with van der Waals surface area (Å²) in [5.74, 6) is -1.09. The second-order valence-corrected chi connectivity index (χ2v) is 4.80. The molecule has 0 saturated carbocycles. The van der Waals surface area contributed by atoms with Crippen molar-refractivity contribution in [2.24, 2.45) is 0 Å². The average Bonchev–Trinajstić information content (AvgIpc) is 2.29. The maximum atomic E-state index is 13.3. The van der Waals surface area contributed by atoms with Gasteiger partial charge in [0.15, 0.2) is 0 Å². The van der Waals surface area contributed by atoms with Crippen LogP contribution in [0.1, 0.15) is 38.9 Å². The Labute approximate surface area is 111 Å². The van der Waals surface area contributed by atoms with Gasteiger partial charge < -0.3 is 14.2 Å². The fourth-order valence-corrected chi connectivity index (χ4v) is 2.08. The van der Waals surface area contributed by atoms with Gasteiger partial charge >= 0.3 is 5.97 Å². The van der Waals surface area contributed by atoms with E-state index in [2.05, 4.69) is 0 Å². The fraction of sp³-hybridized carbons (Fsp3) is 0.500. The summed E-state index contributed by atoms with van der Waals surface area (Å²) in [4.78, 5) is 11.6. The Morgan fingerprint density at radius 1 is 1.47 bits per heavy atom. The first-order chi connectivity index (χ1) is 8.91. The Kier molecular flexibility index (Phi) is 3.75. The minimum atomic E-state index is -0.859. The van der Waals surface area contributed by atoms with E-state index in [9.17, 15) is 9.18 Å². The maximum absolute atomic E-state index is 13.3. The first-order valence-electron chi connectivity index (χ1n) is 6.23. The van der Waals surface area contributed by atoms with E-state index in [1.54, 1.807) is 26.8 Å². The van der Waals surface area contributed by atoms with E-state index < -0.39 is 11.9 Å². The number of carbonyl (C=O) groups is 1. The first-order valence-corrected chi connectivity index (χ1v) is 6.23. The van der Waals surface area contributed by atoms with Gasteiger partial charge in [-0.05, 0) is 25.1 Å². The molecule has 0 bridgehead atoms. The predicted octanol–water partition coefficient (Wildman–Crippen LogP) is 2.97. The molecule has 0 amide bonds. The number of hydrogen-bond acceptors (Lipinski definition) is 4. The van der Waals surface area contributed by atoms with Crippen LogP contribution >= 0.6 is 0 Å². The normalized spacial score (nSPS) is 20.3. The topological polar surface area (TPSA) is 44.8 Å². The minimum Gasteiger partial charge on any atom is -0.466 e. The Morgan fingerprint density at radius 3 is 2.89 bits per heavy atom. The van der Waals surface area contributed by atoms with Gasteiger partial charge in [-0.3, -0.25) is 4.79 Å². The van der Waals surface area contributed by atoms with Crippen molar-refractivity contribution in [3.05, 3.63) is 29.6 Å². The Balaban J connectivity index is 2.28. The Hall–Kier alpha value is -1.62. The first kappa shape index (κ1) is 13.8. The quantitative estimate of drug-likeness (QED) is 0.791. The molecule has 19 heavy (non-hydrogen) atoms. The highest BCUT2D eigenvalue weighted by atomic mass is 19.1. The fourth-order valence-electron chi connectivity index (χ4n) is 2.08. The number of benzene rings is 1. The third-order valence-corrected chi connectivity index (χ3v) is 2.76. The summed E-state index contributed by atoms with van der Waals surface area (Å²) in [6.45, 7) is 5.54. The van der Waals surface area contributed by atoms with Gasteiger partial charge in [0, 0.05) is 19.4 Å². The largest absolute Gasteiger partial charge is 0.466 e. The zero-order chi connectivity index (χ0) is 14.0. The lowest BCUT2D eigenvalue weighted by atomic mass is 10.0. The van der Waals surface area contributed by atoms with Crippen molar-refractivity contribution >= 4 is 5.97 Å². The summed E-state index contributed by atoms with van der Waals surface area (Å²) in [5, 5.41) is 0. The van der Waals surface area contributed by atoms with Gasteiger partial charge in [-0.15, -0.1) is 0 Å². The van der Waals surface area contributed by atoms with Gasteiger partial charge in [0.1, 0.15) is 17.7 Å². The van der Waals surface area contributed by atoms with Gasteiger partial charge in [-0.2, -0.15) is 0 Å². The highest BCUT2D eigenvalue weighted by molar-refractivity contribution is 5.70. The molecule has 1 heterocycles. The lowest BCUT2D eigenvalue weighted by molar-refractivity contribution is -0.211. The molecule has 5 heteroatoms. The smallest absolute Gasteiger partial charge is 0.308 e. The molecule has 4 nitrogen and oxygen atoms in total. The average molecular weight is 268 g/mol. The van der Waals surface area contributed by atoms with Crippen molar-refractivity contribution in [2.75, 3.05) is 6.61 Å². The molecule has 0 spiro atoms. The molecule has 1 aliphatic rings. The maximum Gasteiger partial charge on any atom is 0.308 e. The van der Waals surface area contributed by atoms with Crippen LogP contribution in [0, 0.1) is 5.82 Å². The Bertz CT molecular complexity index is 484. The van der Waals surface area contributed by atoms with E-state index in [0.717, 1.165) is 0 Å². The summed E-state index contributed by atoms with van der Waals surface area (Å²) in [5.41, 5.74) is 0.535. The van der Waals surface area contributed by atoms with Crippen molar-refractivity contribution < 1.29 is 23.4 Å². The molecular formula is C14H17FO4. The molecule has 1 aliphatic heterocycles. The van der Waals surface area contributed by atoms with Crippen LogP contribution in [0.5, 0.6) is 5.75 Å². The molecule has 0 N–H and O–H groups in total. The molecule has 0 saturated heterocycles. The summed E-state index contributed by atoms with van der Waals surface area (Å²) < 4.78 is 29.5. The van der Waals surface area contributed by atoms with Crippen molar-refractivity contribution in [2.45, 2.75) is 39.1 Å². The highest BCUT2D eigenvalue weighted by Gasteiger charge is 2.35. The number of ether oxygens (including phenoxy) is 3. The molecule has 0 fully saturated rings. The van der Waals surface area contributed by atoms with Crippen LogP contribution in [0.15, 0.2) is 18.2 Å². The molecule has 104 valence electrons. The minimum absolute atomic E-state index is 0.0388. The number of halogens is 1. The number of hydrogen-bond donors (Lipinski definition) is 0. The molecule has 0 aliphatic carbocycles. The van der Waals surface area contributed by atoms with E-state index >= 15 is 0 Å². The molecule has 0 aromatic heterocycles. The monoisotopic (exact) mass is 268 g/mol. The number of carbonyl (C=O) groups excluding carboxylic acids is 1. The predicted molar refractivity (Wildman–Crippen MR) is 66.2 cm³/mol. The number of fused-ring (bicyclic) bond motifs is 1. The third-order valence-electron chi connectivity index (χ3n) is 2.76. The van der Waals surface area contributed by atoms with Gasteiger partial charge in [0.05, 0.1) is 13.0 Å². The highest BCUT2D eigenvalue weighted by Crippen LogP contribution is 2.40. The van der Waals surface area contributed by atoms with E-state index in [1.165, 1.54) is 12.1 Å². The zero-order valence-corrected chi connectivity index (χ0v) is 11.2. The van der Waals surface area contributed by atoms with Crippen molar-refractivity contribution in [3.63, 3.8) is 0 Å². The number of rotatable bonds is 3. The summed E-state index contributed by atoms with van der Waals surface area (Å²) in [7, 11) is 0. The lowest BCUT2D eigenvalue weighted by Crippen LogP contribution is -2.38. The summed E-state index contributed by atoms with van der Waals surface area (Å²) in [6.07, 6.45) is -0.523. The van der Waals surface area contributed by atoms with Crippen LogP contribution in [0.4, 0.5) is 4.39 Å². The van der Waals surface area contributed by atoms with Gasteiger partial charge in [-0.1, -0.05) is 0 Å². The van der Waals surface area contributed by atoms with Gasteiger partial charge in [0.2, 0.25) is 5.79 Å². The third kappa shape index (κ3) is 3.23. The SMILES string of the molecule is CCOC(=O)CC1OC(C)(C)Oc2ccc(F)cc21. The summed E-state index contributed by atoms with van der Waals surface area (Å²) in [6, 6.07) is 4.20. The van der Waals surface area contributed by atoms with Gasteiger partial charge in [0.25, 0.3) is 0 Å². The van der Waals surface area contributed by atoms with Crippen LogP contribution in [0.25, 0.3) is 0 Å². The second kappa shape index (κ2) is 5.17. The van der Waals surface area contributed by atoms with E-state index in [1.807, 2.05) is 0 Å². The van der Waals surface area contributed by atoms with Gasteiger partial charge in [-0.25, -0.2) is 4.39 Å². The van der Waals surface area contributed by atoms with E-state index in [0.29, 0.717) is 17.9 Å². The molecule has 1 aromatic rings. The molecule has 1 unspecified atom stereocenters. The van der Waals surface area contributed by atoms with Crippen LogP contribution in [0.2, 0.25) is 0 Å². The number of esters is 1. The zero-order valence-electron chi connectivity index (χ0n) is 11.2.